The zero-order chi connectivity index (χ0) is 18.2. The second-order valence-electron chi connectivity index (χ2n) is 6.40. The van der Waals surface area contributed by atoms with E-state index in [2.05, 4.69) is 32.5 Å². The fourth-order valence-corrected chi connectivity index (χ4v) is 3.04. The predicted molar refractivity (Wildman–Crippen MR) is 101 cm³/mol. The monoisotopic (exact) mass is 352 g/mol. The number of carbonyl (C=O) groups excluding carboxylic acids is 1. The first-order chi connectivity index (χ1) is 12.7. The number of aromatic nitrogens is 1. The van der Waals surface area contributed by atoms with E-state index in [9.17, 15) is 4.79 Å². The van der Waals surface area contributed by atoms with Gasteiger partial charge in [0.25, 0.3) is 5.91 Å². The highest BCUT2D eigenvalue weighted by atomic mass is 16.5. The molecule has 2 aromatic rings. The number of nitrogens with one attached hydrogen (secondary N) is 1. The number of nitrogens with zero attached hydrogens (tertiary/aromatic N) is 3. The average molecular weight is 352 g/mol. The van der Waals surface area contributed by atoms with E-state index < -0.39 is 0 Å². The molecule has 1 aliphatic rings. The van der Waals surface area contributed by atoms with Gasteiger partial charge in [0.05, 0.1) is 7.11 Å². The van der Waals surface area contributed by atoms with Crippen molar-refractivity contribution in [3.63, 3.8) is 0 Å². The maximum Gasteiger partial charge on any atom is 0.289 e. The van der Waals surface area contributed by atoms with Crippen LogP contribution < -0.4 is 10.2 Å². The van der Waals surface area contributed by atoms with Gasteiger partial charge in [0, 0.05) is 19.0 Å². The fourth-order valence-electron chi connectivity index (χ4n) is 3.04. The molecule has 26 heavy (non-hydrogen) atoms. The van der Waals surface area contributed by atoms with Crippen LogP contribution >= 0.6 is 0 Å². The molecule has 0 saturated carbocycles. The van der Waals surface area contributed by atoms with Crippen LogP contribution in [-0.4, -0.2) is 42.2 Å². The topological polar surface area (TPSA) is 66.8 Å². The van der Waals surface area contributed by atoms with E-state index in [1.165, 1.54) is 5.56 Å². The SMILES string of the molecule is COc1cccc(CN2CCC(C=NNC(=O)c3ccccn3)CC2)c1. The molecule has 1 aliphatic heterocycles. The molecule has 2 heterocycles. The van der Waals surface area contributed by atoms with E-state index in [4.69, 9.17) is 4.74 Å². The lowest BCUT2D eigenvalue weighted by molar-refractivity contribution is 0.0949. The number of likely N-dealkylation sites (tertiary alicyclic amines) is 1. The van der Waals surface area contributed by atoms with Gasteiger partial charge in [-0.05, 0) is 61.7 Å². The number of carbonyl (C=O) groups is 1. The van der Waals surface area contributed by atoms with Gasteiger partial charge in [0.2, 0.25) is 0 Å². The summed E-state index contributed by atoms with van der Waals surface area (Å²) in [5, 5.41) is 4.10. The number of methoxy groups -OCH3 is 1. The molecule has 0 bridgehead atoms. The zero-order valence-electron chi connectivity index (χ0n) is 15.0. The third-order valence-electron chi connectivity index (χ3n) is 4.52. The molecule has 0 spiro atoms. The molecule has 6 nitrogen and oxygen atoms in total. The molecule has 3 rings (SSSR count). The van der Waals surface area contributed by atoms with Crippen LogP contribution in [0.3, 0.4) is 0 Å². The summed E-state index contributed by atoms with van der Waals surface area (Å²) >= 11 is 0. The first-order valence-corrected chi connectivity index (χ1v) is 8.84. The van der Waals surface area contributed by atoms with Crippen molar-refractivity contribution in [2.45, 2.75) is 19.4 Å². The molecule has 1 fully saturated rings. The van der Waals surface area contributed by atoms with E-state index in [1.54, 1.807) is 31.5 Å². The molecule has 0 radical (unpaired) electrons. The molecule has 0 unspecified atom stereocenters. The van der Waals surface area contributed by atoms with Crippen LogP contribution in [0.1, 0.15) is 28.9 Å². The van der Waals surface area contributed by atoms with E-state index in [0.29, 0.717) is 11.6 Å². The van der Waals surface area contributed by atoms with Crippen molar-refractivity contribution in [2.24, 2.45) is 11.0 Å². The summed E-state index contributed by atoms with van der Waals surface area (Å²) in [7, 11) is 1.69. The summed E-state index contributed by atoms with van der Waals surface area (Å²) < 4.78 is 5.28. The van der Waals surface area contributed by atoms with Crippen LogP contribution in [0.15, 0.2) is 53.8 Å². The average Bonchev–Trinajstić information content (AvgIpc) is 2.70. The van der Waals surface area contributed by atoms with Gasteiger partial charge in [-0.3, -0.25) is 14.7 Å². The molecule has 0 atom stereocenters. The Morgan fingerprint density at radius 1 is 1.31 bits per heavy atom. The summed E-state index contributed by atoms with van der Waals surface area (Å²) in [5.74, 6) is 1.01. The van der Waals surface area contributed by atoms with E-state index in [0.717, 1.165) is 38.2 Å². The molecular formula is C20H24N4O2. The summed E-state index contributed by atoms with van der Waals surface area (Å²) in [4.78, 5) is 18.3. The highest BCUT2D eigenvalue weighted by molar-refractivity contribution is 5.92. The Kier molecular flexibility index (Phi) is 6.33. The van der Waals surface area contributed by atoms with Crippen LogP contribution in [0.2, 0.25) is 0 Å². The minimum atomic E-state index is -0.280. The Bertz CT molecular complexity index is 740. The molecule has 1 aromatic heterocycles. The van der Waals surface area contributed by atoms with Crippen LogP contribution in [0.5, 0.6) is 5.75 Å². The highest BCUT2D eigenvalue weighted by Gasteiger charge is 2.18. The van der Waals surface area contributed by atoms with Gasteiger partial charge in [-0.1, -0.05) is 18.2 Å². The Balaban J connectivity index is 1.42. The van der Waals surface area contributed by atoms with Gasteiger partial charge < -0.3 is 4.74 Å². The molecule has 1 N–H and O–H groups in total. The first kappa shape index (κ1) is 18.1. The zero-order valence-corrected chi connectivity index (χ0v) is 15.0. The number of ether oxygens (including phenoxy) is 1. The van der Waals surface area contributed by atoms with E-state index >= 15 is 0 Å². The van der Waals surface area contributed by atoms with Crippen molar-refractivity contribution < 1.29 is 9.53 Å². The second kappa shape index (κ2) is 9.10. The third kappa shape index (κ3) is 5.13. The van der Waals surface area contributed by atoms with Crippen LogP contribution in [0, 0.1) is 5.92 Å². The highest BCUT2D eigenvalue weighted by Crippen LogP contribution is 2.19. The Labute approximate surface area is 153 Å². The number of hydrogen-bond donors (Lipinski definition) is 1. The van der Waals surface area contributed by atoms with Crippen molar-refractivity contribution in [1.82, 2.24) is 15.3 Å². The van der Waals surface area contributed by atoms with Gasteiger partial charge in [-0.2, -0.15) is 5.10 Å². The Morgan fingerprint density at radius 3 is 2.88 bits per heavy atom. The summed E-state index contributed by atoms with van der Waals surface area (Å²) in [6.07, 6.45) is 5.51. The summed E-state index contributed by atoms with van der Waals surface area (Å²) in [6, 6.07) is 13.4. The number of hydrogen-bond acceptors (Lipinski definition) is 5. The number of piperidine rings is 1. The van der Waals surface area contributed by atoms with Crippen molar-refractivity contribution in [2.75, 3.05) is 20.2 Å². The van der Waals surface area contributed by atoms with Gasteiger partial charge in [-0.15, -0.1) is 0 Å². The normalized spacial score (nSPS) is 15.9. The van der Waals surface area contributed by atoms with Crippen LogP contribution in [0.25, 0.3) is 0 Å². The predicted octanol–water partition coefficient (Wildman–Crippen LogP) is 2.72. The molecule has 1 saturated heterocycles. The molecule has 6 heteroatoms. The number of pyridine rings is 1. The van der Waals surface area contributed by atoms with Crippen LogP contribution in [0.4, 0.5) is 0 Å². The lowest BCUT2D eigenvalue weighted by Gasteiger charge is -2.30. The summed E-state index contributed by atoms with van der Waals surface area (Å²) in [6.45, 7) is 2.96. The molecule has 0 aliphatic carbocycles. The van der Waals surface area contributed by atoms with Gasteiger partial charge >= 0.3 is 0 Å². The third-order valence-corrected chi connectivity index (χ3v) is 4.52. The van der Waals surface area contributed by atoms with Gasteiger partial charge in [0.15, 0.2) is 0 Å². The standard InChI is InChI=1S/C20H24N4O2/c1-26-18-6-4-5-17(13-18)15-24-11-8-16(9-12-24)14-22-23-20(25)19-7-2-3-10-21-19/h2-7,10,13-14,16H,8-9,11-12,15H2,1H3,(H,23,25). The fraction of sp³-hybridized carbons (Fsp3) is 0.350. The minimum absolute atomic E-state index is 0.280. The number of benzene rings is 1. The van der Waals surface area contributed by atoms with Gasteiger partial charge in [-0.25, -0.2) is 5.43 Å². The van der Waals surface area contributed by atoms with Crippen molar-refractivity contribution >= 4 is 12.1 Å². The molecule has 136 valence electrons. The smallest absolute Gasteiger partial charge is 0.289 e. The van der Waals surface area contributed by atoms with Crippen molar-refractivity contribution in [3.05, 3.63) is 59.9 Å². The number of amides is 1. The molecular weight excluding hydrogens is 328 g/mol. The first-order valence-electron chi connectivity index (χ1n) is 8.84. The van der Waals surface area contributed by atoms with Crippen molar-refractivity contribution in [3.8, 4) is 5.75 Å². The number of hydrazone groups is 1. The second-order valence-corrected chi connectivity index (χ2v) is 6.40. The maximum atomic E-state index is 11.9. The Morgan fingerprint density at radius 2 is 2.15 bits per heavy atom. The lowest BCUT2D eigenvalue weighted by Crippen LogP contribution is -2.34. The van der Waals surface area contributed by atoms with Gasteiger partial charge in [0.1, 0.15) is 11.4 Å². The van der Waals surface area contributed by atoms with E-state index in [-0.39, 0.29) is 5.91 Å². The quantitative estimate of drug-likeness (QED) is 0.641. The lowest BCUT2D eigenvalue weighted by atomic mass is 9.98. The number of rotatable bonds is 6. The molecule has 1 amide bonds. The van der Waals surface area contributed by atoms with Crippen LogP contribution in [-0.2, 0) is 6.54 Å². The Hall–Kier alpha value is -2.73. The van der Waals surface area contributed by atoms with Crippen molar-refractivity contribution in [1.29, 1.82) is 0 Å². The molecule has 1 aromatic carbocycles. The largest absolute Gasteiger partial charge is 0.497 e. The minimum Gasteiger partial charge on any atom is -0.497 e. The maximum absolute atomic E-state index is 11.9. The van der Waals surface area contributed by atoms with E-state index in [1.807, 2.05) is 18.3 Å². The summed E-state index contributed by atoms with van der Waals surface area (Å²) in [5.41, 5.74) is 4.19.